The predicted octanol–water partition coefficient (Wildman–Crippen LogP) is 4.21. The van der Waals surface area contributed by atoms with Crippen LogP contribution in [0.4, 0.5) is 11.4 Å². The molecule has 2 aromatic rings. The third-order valence-electron chi connectivity index (χ3n) is 3.03. The van der Waals surface area contributed by atoms with Gasteiger partial charge in [0.05, 0.1) is 13.2 Å². The van der Waals surface area contributed by atoms with E-state index < -0.39 is 0 Å². The molecule has 0 amide bonds. The van der Waals surface area contributed by atoms with Crippen LogP contribution in [0.5, 0.6) is 23.0 Å². The molecule has 7 heteroatoms. The van der Waals surface area contributed by atoms with Crippen molar-refractivity contribution in [1.29, 1.82) is 0 Å². The summed E-state index contributed by atoms with van der Waals surface area (Å²) in [5.74, 6) is 1.80. The summed E-state index contributed by atoms with van der Waals surface area (Å²) in [6.45, 7) is 4.47. The van der Waals surface area contributed by atoms with Crippen molar-refractivity contribution in [2.75, 3.05) is 13.2 Å². The number of isocyanates is 2. The first-order chi connectivity index (χ1) is 12.2. The molecule has 0 atom stereocenters. The van der Waals surface area contributed by atoms with Gasteiger partial charge in [-0.3, -0.25) is 0 Å². The molecule has 128 valence electrons. The Labute approximate surface area is 144 Å². The van der Waals surface area contributed by atoms with Crippen molar-refractivity contribution in [1.82, 2.24) is 0 Å². The lowest BCUT2D eigenvalue weighted by atomic mass is 10.2. The van der Waals surface area contributed by atoms with Crippen molar-refractivity contribution in [3.63, 3.8) is 0 Å². The average molecular weight is 340 g/mol. The van der Waals surface area contributed by atoms with Crippen LogP contribution in [0.2, 0.25) is 0 Å². The summed E-state index contributed by atoms with van der Waals surface area (Å²) in [6, 6.07) is 9.74. The van der Waals surface area contributed by atoms with E-state index in [0.29, 0.717) is 47.6 Å². The monoisotopic (exact) mass is 340 g/mol. The summed E-state index contributed by atoms with van der Waals surface area (Å²) < 4.78 is 16.7. The summed E-state index contributed by atoms with van der Waals surface area (Å²) >= 11 is 0. The molecule has 2 rings (SSSR count). The topological polar surface area (TPSA) is 86.6 Å². The second-order valence-corrected chi connectivity index (χ2v) is 4.63. The Morgan fingerprint density at radius 1 is 0.800 bits per heavy atom. The van der Waals surface area contributed by atoms with Gasteiger partial charge in [0, 0.05) is 12.1 Å². The molecular formula is C18H16N2O5. The Morgan fingerprint density at radius 2 is 1.24 bits per heavy atom. The van der Waals surface area contributed by atoms with E-state index in [-0.39, 0.29) is 0 Å². The van der Waals surface area contributed by atoms with Gasteiger partial charge in [0.25, 0.3) is 0 Å². The van der Waals surface area contributed by atoms with Gasteiger partial charge in [-0.05, 0) is 38.1 Å². The molecule has 0 saturated heterocycles. The number of hydrogen-bond acceptors (Lipinski definition) is 7. The first-order valence-corrected chi connectivity index (χ1v) is 7.59. The minimum Gasteiger partial charge on any atom is -0.491 e. The number of aliphatic imine (C=N–C) groups is 2. The molecule has 0 fully saturated rings. The van der Waals surface area contributed by atoms with Crippen LogP contribution in [-0.4, -0.2) is 25.4 Å². The van der Waals surface area contributed by atoms with Crippen molar-refractivity contribution in [3.05, 3.63) is 36.4 Å². The summed E-state index contributed by atoms with van der Waals surface area (Å²) in [6.07, 6.45) is 2.97. The SMILES string of the molecule is CCOc1cc(Oc2ccc(N=C=O)c(OCC)c2)ccc1N=C=O. The second-order valence-electron chi connectivity index (χ2n) is 4.63. The zero-order chi connectivity index (χ0) is 18.1. The Balaban J connectivity index is 2.32. The third kappa shape index (κ3) is 4.78. The largest absolute Gasteiger partial charge is 0.491 e. The molecule has 0 radical (unpaired) electrons. The quantitative estimate of drug-likeness (QED) is 0.530. The average Bonchev–Trinajstić information content (AvgIpc) is 2.60. The highest BCUT2D eigenvalue weighted by Gasteiger charge is 2.09. The van der Waals surface area contributed by atoms with Crippen LogP contribution in [0.1, 0.15) is 13.8 Å². The van der Waals surface area contributed by atoms with E-state index in [1.807, 2.05) is 13.8 Å². The van der Waals surface area contributed by atoms with Crippen molar-refractivity contribution >= 4 is 23.5 Å². The molecule has 2 aromatic carbocycles. The Kier molecular flexibility index (Phi) is 6.48. The van der Waals surface area contributed by atoms with E-state index in [1.165, 1.54) is 12.2 Å². The Bertz CT molecular complexity index is 768. The number of hydrogen-bond donors (Lipinski definition) is 0. The Morgan fingerprint density at radius 3 is 1.60 bits per heavy atom. The van der Waals surface area contributed by atoms with Gasteiger partial charge in [0.2, 0.25) is 12.2 Å². The Hall–Kier alpha value is -3.40. The van der Waals surface area contributed by atoms with E-state index in [4.69, 9.17) is 14.2 Å². The van der Waals surface area contributed by atoms with Crippen LogP contribution in [0.3, 0.4) is 0 Å². The third-order valence-corrected chi connectivity index (χ3v) is 3.03. The van der Waals surface area contributed by atoms with Crippen LogP contribution in [0.15, 0.2) is 46.4 Å². The highest BCUT2D eigenvalue weighted by molar-refractivity contribution is 5.62. The maximum atomic E-state index is 10.5. The van der Waals surface area contributed by atoms with Crippen molar-refractivity contribution in [2.45, 2.75) is 13.8 Å². The smallest absolute Gasteiger partial charge is 0.240 e. The fraction of sp³-hybridized carbons (Fsp3) is 0.222. The maximum absolute atomic E-state index is 10.5. The lowest BCUT2D eigenvalue weighted by molar-refractivity contribution is 0.337. The first kappa shape index (κ1) is 17.9. The summed E-state index contributed by atoms with van der Waals surface area (Å²) in [5.41, 5.74) is 0.741. The number of ether oxygens (including phenoxy) is 3. The number of benzene rings is 2. The van der Waals surface area contributed by atoms with Crippen LogP contribution in [0.25, 0.3) is 0 Å². The lowest BCUT2D eigenvalue weighted by Crippen LogP contribution is -1.94. The molecule has 0 heterocycles. The van der Waals surface area contributed by atoms with E-state index in [2.05, 4.69) is 9.98 Å². The number of nitrogens with zero attached hydrogens (tertiary/aromatic N) is 2. The van der Waals surface area contributed by atoms with E-state index >= 15 is 0 Å². The molecule has 0 unspecified atom stereocenters. The molecule has 0 aliphatic heterocycles. The molecule has 0 N–H and O–H groups in total. The molecule has 25 heavy (non-hydrogen) atoms. The van der Waals surface area contributed by atoms with Gasteiger partial charge in [0.1, 0.15) is 34.4 Å². The standard InChI is InChI=1S/C18H16N2O5/c1-3-23-17-9-13(5-7-15(17)19-11-21)25-14-6-8-16(20-12-22)18(10-14)24-4-2/h5-10H,3-4H2,1-2H3. The molecule has 0 aromatic heterocycles. The molecule has 0 aliphatic rings. The molecule has 0 saturated carbocycles. The van der Waals surface area contributed by atoms with Crippen LogP contribution >= 0.6 is 0 Å². The summed E-state index contributed by atoms with van der Waals surface area (Å²) in [5, 5.41) is 0. The molecule has 0 spiro atoms. The van der Waals surface area contributed by atoms with Crippen LogP contribution in [-0.2, 0) is 9.59 Å². The minimum atomic E-state index is 0.370. The maximum Gasteiger partial charge on any atom is 0.240 e. The number of rotatable bonds is 8. The fourth-order valence-corrected chi connectivity index (χ4v) is 2.08. The van der Waals surface area contributed by atoms with E-state index in [0.717, 1.165) is 0 Å². The van der Waals surface area contributed by atoms with Gasteiger partial charge in [-0.1, -0.05) is 0 Å². The predicted molar refractivity (Wildman–Crippen MR) is 90.9 cm³/mol. The van der Waals surface area contributed by atoms with Gasteiger partial charge in [-0.15, -0.1) is 0 Å². The molecule has 0 aliphatic carbocycles. The van der Waals surface area contributed by atoms with Crippen LogP contribution < -0.4 is 14.2 Å². The van der Waals surface area contributed by atoms with Gasteiger partial charge in [-0.2, -0.15) is 9.98 Å². The van der Waals surface area contributed by atoms with Crippen molar-refractivity contribution < 1.29 is 23.8 Å². The molecule has 0 bridgehead atoms. The van der Waals surface area contributed by atoms with Crippen LogP contribution in [0, 0.1) is 0 Å². The van der Waals surface area contributed by atoms with Gasteiger partial charge < -0.3 is 14.2 Å². The fourth-order valence-electron chi connectivity index (χ4n) is 2.08. The van der Waals surface area contributed by atoms with E-state index in [9.17, 15) is 9.59 Å². The zero-order valence-corrected chi connectivity index (χ0v) is 13.8. The molecular weight excluding hydrogens is 324 g/mol. The summed E-state index contributed by atoms with van der Waals surface area (Å²) in [4.78, 5) is 28.1. The summed E-state index contributed by atoms with van der Waals surface area (Å²) in [7, 11) is 0. The molecule has 7 nitrogen and oxygen atoms in total. The second kappa shape index (κ2) is 9.03. The van der Waals surface area contributed by atoms with Gasteiger partial charge >= 0.3 is 0 Å². The van der Waals surface area contributed by atoms with Gasteiger partial charge in [-0.25, -0.2) is 9.59 Å². The lowest BCUT2D eigenvalue weighted by Gasteiger charge is -2.12. The first-order valence-electron chi connectivity index (χ1n) is 7.59. The van der Waals surface area contributed by atoms with Gasteiger partial charge in [0.15, 0.2) is 0 Å². The zero-order valence-electron chi connectivity index (χ0n) is 13.8. The minimum absolute atomic E-state index is 0.370. The normalized spacial score (nSPS) is 9.52. The van der Waals surface area contributed by atoms with E-state index in [1.54, 1.807) is 36.4 Å². The van der Waals surface area contributed by atoms with Crippen molar-refractivity contribution in [2.24, 2.45) is 9.98 Å². The highest BCUT2D eigenvalue weighted by Crippen LogP contribution is 2.36. The van der Waals surface area contributed by atoms with Crippen molar-refractivity contribution in [3.8, 4) is 23.0 Å². The number of carbonyl (C=O) groups excluding carboxylic acids is 2. The highest BCUT2D eigenvalue weighted by atomic mass is 16.5.